The van der Waals surface area contributed by atoms with Gasteiger partial charge in [0.2, 0.25) is 5.91 Å². The molecule has 4 rings (SSSR count). The Hall–Kier alpha value is -4.13. The first-order valence-corrected chi connectivity index (χ1v) is 11.1. The van der Waals surface area contributed by atoms with Gasteiger partial charge in [-0.1, -0.05) is 78.9 Å². The lowest BCUT2D eigenvalue weighted by Crippen LogP contribution is -2.54. The van der Waals surface area contributed by atoms with Gasteiger partial charge in [-0.2, -0.15) is 0 Å². The van der Waals surface area contributed by atoms with E-state index >= 15 is 0 Å². The van der Waals surface area contributed by atoms with Crippen LogP contribution < -0.4 is 10.6 Å². The molecule has 3 aromatic rings. The van der Waals surface area contributed by atoms with Gasteiger partial charge in [0.25, 0.3) is 0 Å². The molecule has 1 aliphatic carbocycles. The number of hydrogen-bond acceptors (Lipinski definition) is 4. The molecule has 0 saturated carbocycles. The second kappa shape index (κ2) is 9.79. The minimum Gasteiger partial charge on any atom is -0.481 e. The third-order valence-electron chi connectivity index (χ3n) is 6.13. The molecule has 0 heterocycles. The summed E-state index contributed by atoms with van der Waals surface area (Å²) in [6.45, 7) is 1.63. The lowest BCUT2D eigenvalue weighted by atomic mass is 9.91. The maximum atomic E-state index is 13.0. The number of fused-ring (bicyclic) bond motifs is 3. The molecule has 1 atom stereocenters. The number of ether oxygens (including phenoxy) is 1. The molecule has 0 spiro atoms. The molecule has 0 fully saturated rings. The number of aliphatic carboxylic acids is 1. The SMILES string of the molecule is CC(NC(=O)OCC1c2ccccc2-c2ccccc21)(C(=O)NCCC(=O)O)c1ccccc1. The number of benzene rings is 3. The lowest BCUT2D eigenvalue weighted by Gasteiger charge is -2.30. The fourth-order valence-corrected chi connectivity index (χ4v) is 4.33. The van der Waals surface area contributed by atoms with Gasteiger partial charge in [0.1, 0.15) is 12.1 Å². The van der Waals surface area contributed by atoms with E-state index < -0.39 is 23.5 Å². The zero-order valence-corrected chi connectivity index (χ0v) is 18.8. The van der Waals surface area contributed by atoms with Crippen LogP contribution in [-0.4, -0.2) is 36.2 Å². The van der Waals surface area contributed by atoms with Gasteiger partial charge in [0.05, 0.1) is 6.42 Å². The van der Waals surface area contributed by atoms with E-state index in [4.69, 9.17) is 9.84 Å². The fraction of sp³-hybridized carbons (Fsp3) is 0.222. The number of carboxylic acid groups (broad SMARTS) is 1. The Morgan fingerprint density at radius 3 is 2.03 bits per heavy atom. The summed E-state index contributed by atoms with van der Waals surface area (Å²) in [6, 6.07) is 24.9. The van der Waals surface area contributed by atoms with E-state index in [1.165, 1.54) is 0 Å². The highest BCUT2D eigenvalue weighted by molar-refractivity contribution is 5.91. The average Bonchev–Trinajstić information content (AvgIpc) is 3.16. The van der Waals surface area contributed by atoms with Crippen molar-refractivity contribution in [3.63, 3.8) is 0 Å². The van der Waals surface area contributed by atoms with Crippen molar-refractivity contribution < 1.29 is 24.2 Å². The van der Waals surface area contributed by atoms with Gasteiger partial charge in [-0.15, -0.1) is 0 Å². The Morgan fingerprint density at radius 2 is 1.44 bits per heavy atom. The summed E-state index contributed by atoms with van der Waals surface area (Å²) in [6.07, 6.45) is -0.955. The number of amides is 2. The number of hydrogen-bond donors (Lipinski definition) is 3. The van der Waals surface area contributed by atoms with Crippen LogP contribution in [0.1, 0.15) is 36.0 Å². The van der Waals surface area contributed by atoms with Crippen LogP contribution in [-0.2, 0) is 19.9 Å². The maximum Gasteiger partial charge on any atom is 0.408 e. The maximum absolute atomic E-state index is 13.0. The van der Waals surface area contributed by atoms with Crippen molar-refractivity contribution in [2.75, 3.05) is 13.2 Å². The van der Waals surface area contributed by atoms with Gasteiger partial charge in [-0.25, -0.2) is 4.79 Å². The summed E-state index contributed by atoms with van der Waals surface area (Å²) in [7, 11) is 0. The summed E-state index contributed by atoms with van der Waals surface area (Å²) in [4.78, 5) is 36.7. The third kappa shape index (κ3) is 4.64. The largest absolute Gasteiger partial charge is 0.481 e. The molecule has 0 aromatic heterocycles. The van der Waals surface area contributed by atoms with Crippen molar-refractivity contribution in [1.82, 2.24) is 10.6 Å². The standard InChI is InChI=1S/C27H26N2O5/c1-27(18-9-3-2-4-10-18,25(32)28-16-15-24(30)31)29-26(33)34-17-23-21-13-7-5-11-19(21)20-12-6-8-14-22(20)23/h2-14,23H,15-17H2,1H3,(H,28,32)(H,29,33)(H,30,31). The van der Waals surface area contributed by atoms with E-state index in [1.54, 1.807) is 37.3 Å². The Bertz CT molecular complexity index is 1160. The molecule has 7 heteroatoms. The summed E-state index contributed by atoms with van der Waals surface area (Å²) < 4.78 is 5.63. The van der Waals surface area contributed by atoms with Crippen molar-refractivity contribution in [1.29, 1.82) is 0 Å². The molecule has 0 saturated heterocycles. The second-order valence-corrected chi connectivity index (χ2v) is 8.34. The van der Waals surface area contributed by atoms with E-state index in [-0.39, 0.29) is 25.5 Å². The van der Waals surface area contributed by atoms with E-state index in [0.29, 0.717) is 5.56 Å². The number of alkyl carbamates (subject to hydrolysis) is 1. The molecular weight excluding hydrogens is 432 g/mol. The molecule has 0 radical (unpaired) electrons. The topological polar surface area (TPSA) is 105 Å². The Kier molecular flexibility index (Phi) is 6.63. The van der Waals surface area contributed by atoms with Crippen molar-refractivity contribution in [3.05, 3.63) is 95.6 Å². The van der Waals surface area contributed by atoms with Gasteiger partial charge in [0, 0.05) is 12.5 Å². The van der Waals surface area contributed by atoms with E-state index in [9.17, 15) is 14.4 Å². The molecule has 3 aromatic carbocycles. The predicted molar refractivity (Wildman–Crippen MR) is 127 cm³/mol. The van der Waals surface area contributed by atoms with Gasteiger partial charge in [-0.05, 0) is 34.7 Å². The average molecular weight is 459 g/mol. The highest BCUT2D eigenvalue weighted by Gasteiger charge is 2.38. The van der Waals surface area contributed by atoms with Crippen LogP contribution in [0.2, 0.25) is 0 Å². The quantitative estimate of drug-likeness (QED) is 0.473. The lowest BCUT2D eigenvalue weighted by molar-refractivity contribution is -0.137. The molecular formula is C27H26N2O5. The smallest absolute Gasteiger partial charge is 0.408 e. The van der Waals surface area contributed by atoms with Crippen LogP contribution in [0.25, 0.3) is 11.1 Å². The first-order valence-electron chi connectivity index (χ1n) is 11.1. The first-order chi connectivity index (χ1) is 16.4. The molecule has 1 aliphatic rings. The van der Waals surface area contributed by atoms with Crippen LogP contribution in [0.3, 0.4) is 0 Å². The molecule has 34 heavy (non-hydrogen) atoms. The third-order valence-corrected chi connectivity index (χ3v) is 6.13. The molecule has 2 amide bonds. The van der Waals surface area contributed by atoms with Crippen molar-refractivity contribution in [2.45, 2.75) is 24.8 Å². The Labute approximate surface area is 197 Å². The second-order valence-electron chi connectivity index (χ2n) is 8.34. The molecule has 0 bridgehead atoms. The van der Waals surface area contributed by atoms with Crippen LogP contribution in [0.5, 0.6) is 0 Å². The van der Waals surface area contributed by atoms with Crippen LogP contribution in [0.4, 0.5) is 4.79 Å². The molecule has 0 aliphatic heterocycles. The minimum atomic E-state index is -1.44. The predicted octanol–water partition coefficient (Wildman–Crippen LogP) is 4.03. The highest BCUT2D eigenvalue weighted by Crippen LogP contribution is 2.44. The van der Waals surface area contributed by atoms with Gasteiger partial charge < -0.3 is 20.5 Å². The number of carboxylic acids is 1. The van der Waals surface area contributed by atoms with E-state index in [1.807, 2.05) is 36.4 Å². The van der Waals surface area contributed by atoms with Gasteiger partial charge in [-0.3, -0.25) is 9.59 Å². The number of nitrogens with one attached hydrogen (secondary N) is 2. The first kappa shape index (κ1) is 23.0. The fourth-order valence-electron chi connectivity index (χ4n) is 4.33. The van der Waals surface area contributed by atoms with E-state index in [0.717, 1.165) is 22.3 Å². The Morgan fingerprint density at radius 1 is 0.882 bits per heavy atom. The summed E-state index contributed by atoms with van der Waals surface area (Å²) in [5.74, 6) is -1.65. The van der Waals surface area contributed by atoms with Crippen molar-refractivity contribution >= 4 is 18.0 Å². The highest BCUT2D eigenvalue weighted by atomic mass is 16.5. The number of carbonyl (C=O) groups excluding carboxylic acids is 2. The molecule has 1 unspecified atom stereocenters. The molecule has 174 valence electrons. The Balaban J connectivity index is 1.49. The van der Waals surface area contributed by atoms with Crippen molar-refractivity contribution in [2.24, 2.45) is 0 Å². The normalized spacial score (nSPS) is 13.8. The monoisotopic (exact) mass is 458 g/mol. The van der Waals surface area contributed by atoms with Gasteiger partial charge >= 0.3 is 12.1 Å². The summed E-state index contributed by atoms with van der Waals surface area (Å²) in [5.41, 5.74) is 3.54. The molecule has 3 N–H and O–H groups in total. The minimum absolute atomic E-state index is 0.0526. The summed E-state index contributed by atoms with van der Waals surface area (Å²) in [5, 5.41) is 14.2. The molecule has 7 nitrogen and oxygen atoms in total. The van der Waals surface area contributed by atoms with Crippen LogP contribution >= 0.6 is 0 Å². The zero-order valence-electron chi connectivity index (χ0n) is 18.8. The van der Waals surface area contributed by atoms with Crippen LogP contribution in [0, 0.1) is 0 Å². The zero-order chi connectivity index (χ0) is 24.1. The van der Waals surface area contributed by atoms with E-state index in [2.05, 4.69) is 22.8 Å². The van der Waals surface area contributed by atoms with Crippen molar-refractivity contribution in [3.8, 4) is 11.1 Å². The number of rotatable bonds is 8. The summed E-state index contributed by atoms with van der Waals surface area (Å²) >= 11 is 0. The number of carbonyl (C=O) groups is 3. The van der Waals surface area contributed by atoms with Crippen LogP contribution in [0.15, 0.2) is 78.9 Å². The van der Waals surface area contributed by atoms with Gasteiger partial charge in [0.15, 0.2) is 0 Å².